The molecule has 3 nitrogen and oxygen atoms in total. The Morgan fingerprint density at radius 1 is 0.565 bits per heavy atom. The molecule has 6 aromatic carbocycles. The highest BCUT2D eigenvalue weighted by atomic mass is 16.3. The van der Waals surface area contributed by atoms with E-state index in [-0.39, 0.29) is 0 Å². The average Bonchev–Trinajstić information content (AvgIpc) is 3.76. The van der Waals surface area contributed by atoms with E-state index in [0.29, 0.717) is 0 Å². The van der Waals surface area contributed by atoms with Crippen LogP contribution in [0.25, 0.3) is 89.3 Å². The van der Waals surface area contributed by atoms with Gasteiger partial charge in [0.1, 0.15) is 11.2 Å². The maximum atomic E-state index is 6.38. The van der Waals surface area contributed by atoms with Crippen LogP contribution in [0.4, 0.5) is 0 Å². The van der Waals surface area contributed by atoms with Crippen LogP contribution in [-0.4, -0.2) is 9.13 Å². The normalized spacial score (nSPS) is 12.0. The average molecular weight is 591 g/mol. The van der Waals surface area contributed by atoms with Gasteiger partial charge in [0.2, 0.25) is 0 Å². The van der Waals surface area contributed by atoms with Gasteiger partial charge in [-0.2, -0.15) is 0 Å². The van der Waals surface area contributed by atoms with Gasteiger partial charge in [-0.3, -0.25) is 0 Å². The molecule has 0 unspecified atom stereocenters. The Morgan fingerprint density at radius 2 is 1.24 bits per heavy atom. The van der Waals surface area contributed by atoms with Crippen molar-refractivity contribution in [3.05, 3.63) is 157 Å². The topological polar surface area (TPSA) is 23.0 Å². The molecule has 0 amide bonds. The molecule has 0 aliphatic carbocycles. The summed E-state index contributed by atoms with van der Waals surface area (Å²) in [5.74, 6) is 0. The van der Waals surface area contributed by atoms with Crippen molar-refractivity contribution in [2.45, 2.75) is 6.92 Å². The van der Waals surface area contributed by atoms with Crippen LogP contribution in [0.3, 0.4) is 0 Å². The Balaban J connectivity index is 1.34. The largest absolute Gasteiger partial charge is 0.455 e. The van der Waals surface area contributed by atoms with Crippen LogP contribution in [0, 0.1) is 0 Å². The van der Waals surface area contributed by atoms with Crippen LogP contribution in [0.15, 0.2) is 151 Å². The lowest BCUT2D eigenvalue weighted by Gasteiger charge is -2.14. The van der Waals surface area contributed by atoms with E-state index in [9.17, 15) is 0 Å². The molecule has 0 radical (unpaired) electrons. The van der Waals surface area contributed by atoms with E-state index >= 15 is 0 Å². The first-order chi connectivity index (χ1) is 22.8. The molecule has 0 fully saturated rings. The summed E-state index contributed by atoms with van der Waals surface area (Å²) in [5.41, 5.74) is 12.0. The van der Waals surface area contributed by atoms with Crippen LogP contribution >= 0.6 is 0 Å². The third-order valence-corrected chi connectivity index (χ3v) is 9.22. The smallest absolute Gasteiger partial charge is 0.143 e. The van der Waals surface area contributed by atoms with Crippen molar-refractivity contribution >= 4 is 66.8 Å². The predicted molar refractivity (Wildman–Crippen MR) is 195 cm³/mol. The summed E-state index contributed by atoms with van der Waals surface area (Å²) < 4.78 is 11.2. The molecular formula is C43H30N2O. The second-order valence-corrected chi connectivity index (χ2v) is 11.7. The second-order valence-electron chi connectivity index (χ2n) is 11.7. The molecule has 0 aliphatic rings. The van der Waals surface area contributed by atoms with E-state index in [1.165, 1.54) is 27.2 Å². The van der Waals surface area contributed by atoms with Gasteiger partial charge in [0.15, 0.2) is 0 Å². The fourth-order valence-corrected chi connectivity index (χ4v) is 7.28. The van der Waals surface area contributed by atoms with Gasteiger partial charge in [-0.05, 0) is 55.0 Å². The summed E-state index contributed by atoms with van der Waals surface area (Å²) in [5, 5.41) is 5.92. The number of rotatable bonds is 5. The maximum Gasteiger partial charge on any atom is 0.143 e. The molecule has 0 bridgehead atoms. The van der Waals surface area contributed by atoms with Crippen molar-refractivity contribution in [3.63, 3.8) is 0 Å². The summed E-state index contributed by atoms with van der Waals surface area (Å²) in [4.78, 5) is 0. The maximum absolute atomic E-state index is 6.38. The molecule has 3 heterocycles. The van der Waals surface area contributed by atoms with Crippen LogP contribution in [0.5, 0.6) is 0 Å². The van der Waals surface area contributed by atoms with Gasteiger partial charge >= 0.3 is 0 Å². The van der Waals surface area contributed by atoms with Crippen molar-refractivity contribution in [1.29, 1.82) is 0 Å². The Hall–Kier alpha value is -6.06. The zero-order valence-electron chi connectivity index (χ0n) is 25.4. The number of benzene rings is 6. The van der Waals surface area contributed by atoms with Crippen LogP contribution < -0.4 is 0 Å². The zero-order chi connectivity index (χ0) is 30.8. The summed E-state index contributed by atoms with van der Waals surface area (Å²) in [6.07, 6.45) is 6.30. The Kier molecular flexibility index (Phi) is 5.87. The van der Waals surface area contributed by atoms with Gasteiger partial charge in [0.05, 0.1) is 22.2 Å². The molecule has 0 N–H and O–H groups in total. The highest BCUT2D eigenvalue weighted by Gasteiger charge is 2.22. The number of aromatic nitrogens is 2. The quantitative estimate of drug-likeness (QED) is 0.195. The molecule has 0 saturated heterocycles. The minimum absolute atomic E-state index is 0.908. The van der Waals surface area contributed by atoms with Gasteiger partial charge in [-0.15, -0.1) is 0 Å². The van der Waals surface area contributed by atoms with Crippen LogP contribution in [0.2, 0.25) is 0 Å². The molecule has 0 spiro atoms. The Labute approximate surface area is 266 Å². The van der Waals surface area contributed by atoms with E-state index in [1.807, 2.05) is 18.2 Å². The molecule has 0 saturated carbocycles. The molecule has 9 rings (SSSR count). The number of fused-ring (bicyclic) bond motifs is 8. The van der Waals surface area contributed by atoms with Gasteiger partial charge in [-0.25, -0.2) is 0 Å². The summed E-state index contributed by atoms with van der Waals surface area (Å²) in [7, 11) is 0. The van der Waals surface area contributed by atoms with Crippen LogP contribution in [0.1, 0.15) is 18.2 Å². The molecule has 218 valence electrons. The SMILES string of the molecule is C=Cc1c(/C=C\C)c2ccc3c4ccccc4n(-c4ccccc4)c3c2n1-c1ccc(-c2cccc3c2oc2ccccc23)cc1. The number of allylic oxidation sites excluding steroid dienone is 1. The molecule has 0 atom stereocenters. The molecule has 3 heteroatoms. The first-order valence-electron chi connectivity index (χ1n) is 15.7. The summed E-state index contributed by atoms with van der Waals surface area (Å²) >= 11 is 0. The highest BCUT2D eigenvalue weighted by molar-refractivity contribution is 6.20. The third kappa shape index (κ3) is 3.72. The van der Waals surface area contributed by atoms with Crippen molar-refractivity contribution in [2.24, 2.45) is 0 Å². The van der Waals surface area contributed by atoms with Crippen LogP contribution in [-0.2, 0) is 0 Å². The second kappa shape index (κ2) is 10.3. The first kappa shape index (κ1) is 26.4. The van der Waals surface area contributed by atoms with Crippen molar-refractivity contribution in [2.75, 3.05) is 0 Å². The molecule has 0 aliphatic heterocycles. The minimum atomic E-state index is 0.908. The lowest BCUT2D eigenvalue weighted by atomic mass is 10.0. The van der Waals surface area contributed by atoms with Crippen molar-refractivity contribution in [1.82, 2.24) is 9.13 Å². The molecule has 46 heavy (non-hydrogen) atoms. The van der Waals surface area contributed by atoms with Gasteiger partial charge in [0.25, 0.3) is 0 Å². The standard InChI is InChI=1S/C43H30N2O/c1-3-13-32-35-26-27-36-33-16-8-10-20-39(33)45(29-14-6-5-7-15-29)42(36)41(35)44(38(32)4-2)30-24-22-28(23-25-30)31-18-12-19-37-34-17-9-11-21-40(34)46-43(31)37/h3-27H,2H2,1H3/b13-3-. The Bertz CT molecular complexity index is 2640. The van der Waals surface area contributed by atoms with E-state index in [2.05, 4.69) is 156 Å². The minimum Gasteiger partial charge on any atom is -0.455 e. The fraction of sp³-hybridized carbons (Fsp3) is 0.0233. The van der Waals surface area contributed by atoms with E-state index in [4.69, 9.17) is 4.42 Å². The molecular weight excluding hydrogens is 560 g/mol. The number of nitrogens with zero attached hydrogens (tertiary/aromatic N) is 2. The number of hydrogen-bond donors (Lipinski definition) is 0. The summed E-state index contributed by atoms with van der Waals surface area (Å²) in [6, 6.07) is 47.4. The van der Waals surface area contributed by atoms with Gasteiger partial charge < -0.3 is 13.6 Å². The van der Waals surface area contributed by atoms with E-state index < -0.39 is 0 Å². The number of hydrogen-bond acceptors (Lipinski definition) is 1. The van der Waals surface area contributed by atoms with Crippen molar-refractivity contribution < 1.29 is 4.42 Å². The van der Waals surface area contributed by atoms with Gasteiger partial charge in [0, 0.05) is 49.4 Å². The number of furan rings is 1. The van der Waals surface area contributed by atoms with Gasteiger partial charge in [-0.1, -0.05) is 116 Å². The first-order valence-corrected chi connectivity index (χ1v) is 15.7. The number of para-hydroxylation sites is 4. The lowest BCUT2D eigenvalue weighted by molar-refractivity contribution is 0.670. The Morgan fingerprint density at radius 3 is 2.04 bits per heavy atom. The van der Waals surface area contributed by atoms with E-state index in [0.717, 1.165) is 61.2 Å². The monoisotopic (exact) mass is 590 g/mol. The summed E-state index contributed by atoms with van der Waals surface area (Å²) in [6.45, 7) is 6.38. The predicted octanol–water partition coefficient (Wildman–Crippen LogP) is 12.0. The molecule has 9 aromatic rings. The molecule has 3 aromatic heterocycles. The van der Waals surface area contributed by atoms with Crippen molar-refractivity contribution in [3.8, 4) is 22.5 Å². The zero-order valence-corrected chi connectivity index (χ0v) is 25.4. The van der Waals surface area contributed by atoms with E-state index in [1.54, 1.807) is 0 Å². The fourth-order valence-electron chi connectivity index (χ4n) is 7.28. The third-order valence-electron chi connectivity index (χ3n) is 9.22. The highest BCUT2D eigenvalue weighted by Crippen LogP contribution is 2.42. The lowest BCUT2D eigenvalue weighted by Crippen LogP contribution is -2.00.